The Morgan fingerprint density at radius 3 is 2.22 bits per heavy atom. The fourth-order valence-electron chi connectivity index (χ4n) is 3.31. The number of thiophene rings is 1. The smallest absolute Gasteiger partial charge is 0.401 e. The summed E-state index contributed by atoms with van der Waals surface area (Å²) in [5.74, 6) is 0. The van der Waals surface area contributed by atoms with Gasteiger partial charge >= 0.3 is 14.2 Å². The predicted octanol–water partition coefficient (Wildman–Crippen LogP) is 4.35. The van der Waals surface area contributed by atoms with Crippen LogP contribution >= 0.6 is 23.1 Å². The normalized spacial score (nSPS) is 31.6. The Labute approximate surface area is 171 Å². The molecule has 3 aliphatic rings. The number of allylic oxidation sites excluding steroid dienone is 1. The highest BCUT2D eigenvalue weighted by molar-refractivity contribution is 8.05. The fraction of sp³-hybridized carbons (Fsp3) is 0.684. The van der Waals surface area contributed by atoms with Crippen molar-refractivity contribution in [3.63, 3.8) is 0 Å². The number of rotatable bonds is 3. The standard InChI is InChI=1S/C19H28B2O4S2/c1-12-17(2,3)23-20(22-12)15-10-8-13(26-15)14-9-11-16(27-14)21-24-18(4,5)19(6,7)25-21/h8,10-12,14H,9H2,1-7H3. The summed E-state index contributed by atoms with van der Waals surface area (Å²) in [7, 11) is -0.511. The molecule has 1 aromatic heterocycles. The van der Waals surface area contributed by atoms with Crippen molar-refractivity contribution in [3.05, 3.63) is 27.9 Å². The van der Waals surface area contributed by atoms with Crippen molar-refractivity contribution in [1.82, 2.24) is 0 Å². The van der Waals surface area contributed by atoms with Crippen molar-refractivity contribution in [2.45, 2.75) is 83.0 Å². The SMILES string of the molecule is CC1OB(c2ccc(C3CC=C(B4OC(C)(C)C(C)(C)O4)S3)s2)OC1(C)C. The second kappa shape index (κ2) is 6.64. The zero-order chi connectivity index (χ0) is 19.6. The van der Waals surface area contributed by atoms with E-state index in [1.807, 2.05) is 11.8 Å². The third-order valence-electron chi connectivity index (χ3n) is 6.21. The Bertz CT molecular complexity index is 743. The molecular formula is C19H28B2O4S2. The summed E-state index contributed by atoms with van der Waals surface area (Å²) in [4.78, 5) is 2.54. The highest BCUT2D eigenvalue weighted by Crippen LogP contribution is 2.49. The topological polar surface area (TPSA) is 36.9 Å². The lowest BCUT2D eigenvalue weighted by Crippen LogP contribution is -2.41. The van der Waals surface area contributed by atoms with Crippen LogP contribution in [0.5, 0.6) is 0 Å². The molecule has 2 atom stereocenters. The molecule has 146 valence electrons. The Morgan fingerprint density at radius 2 is 1.63 bits per heavy atom. The minimum Gasteiger partial charge on any atom is -0.401 e. The largest absolute Gasteiger partial charge is 0.505 e. The maximum absolute atomic E-state index is 6.21. The van der Waals surface area contributed by atoms with Gasteiger partial charge in [-0.25, -0.2) is 0 Å². The molecule has 0 amide bonds. The van der Waals surface area contributed by atoms with Crippen LogP contribution in [-0.4, -0.2) is 37.1 Å². The van der Waals surface area contributed by atoms with Gasteiger partial charge in [0, 0.05) is 19.7 Å². The van der Waals surface area contributed by atoms with Crippen LogP contribution < -0.4 is 4.78 Å². The number of hydrogen-bond acceptors (Lipinski definition) is 6. The quantitative estimate of drug-likeness (QED) is 0.698. The molecule has 4 heterocycles. The van der Waals surface area contributed by atoms with Gasteiger partial charge in [-0.1, -0.05) is 12.1 Å². The van der Waals surface area contributed by atoms with Crippen LogP contribution in [0.4, 0.5) is 0 Å². The minimum absolute atomic E-state index is 0.0885. The Morgan fingerprint density at radius 1 is 0.963 bits per heavy atom. The summed E-state index contributed by atoms with van der Waals surface area (Å²) in [5.41, 5.74) is -0.843. The summed E-state index contributed by atoms with van der Waals surface area (Å²) in [6, 6.07) is 4.35. The lowest BCUT2D eigenvalue weighted by Gasteiger charge is -2.32. The lowest BCUT2D eigenvalue weighted by atomic mass is 9.88. The maximum atomic E-state index is 6.21. The van der Waals surface area contributed by atoms with E-state index in [2.05, 4.69) is 66.7 Å². The van der Waals surface area contributed by atoms with E-state index in [-0.39, 0.29) is 37.1 Å². The molecule has 27 heavy (non-hydrogen) atoms. The molecule has 2 unspecified atom stereocenters. The highest BCUT2D eigenvalue weighted by Gasteiger charge is 2.53. The second-order valence-electron chi connectivity index (χ2n) is 9.11. The summed E-state index contributed by atoms with van der Waals surface area (Å²) in [6.45, 7) is 14.6. The summed E-state index contributed by atoms with van der Waals surface area (Å²) >= 11 is 3.65. The fourth-order valence-corrected chi connectivity index (χ4v) is 5.69. The molecule has 0 aromatic carbocycles. The molecule has 0 radical (unpaired) electrons. The first-order valence-electron chi connectivity index (χ1n) is 9.64. The van der Waals surface area contributed by atoms with E-state index in [4.69, 9.17) is 18.6 Å². The molecule has 0 aliphatic carbocycles. The van der Waals surface area contributed by atoms with Crippen molar-refractivity contribution < 1.29 is 18.6 Å². The summed E-state index contributed by atoms with van der Waals surface area (Å²) in [6.07, 6.45) is 3.36. The monoisotopic (exact) mass is 406 g/mol. The molecule has 1 aromatic rings. The molecule has 0 saturated carbocycles. The second-order valence-corrected chi connectivity index (χ2v) is 11.5. The van der Waals surface area contributed by atoms with Crippen LogP contribution in [0.25, 0.3) is 0 Å². The van der Waals surface area contributed by atoms with Crippen LogP contribution in [0.2, 0.25) is 0 Å². The predicted molar refractivity (Wildman–Crippen MR) is 115 cm³/mol. The molecule has 3 aliphatic heterocycles. The van der Waals surface area contributed by atoms with E-state index >= 15 is 0 Å². The first-order valence-corrected chi connectivity index (χ1v) is 11.3. The Balaban J connectivity index is 1.41. The maximum Gasteiger partial charge on any atom is 0.505 e. The minimum atomic E-state index is -0.298. The van der Waals surface area contributed by atoms with Crippen LogP contribution in [0.1, 0.15) is 65.0 Å². The van der Waals surface area contributed by atoms with Gasteiger partial charge in [-0.2, -0.15) is 0 Å². The molecule has 2 fully saturated rings. The zero-order valence-corrected chi connectivity index (χ0v) is 18.8. The highest BCUT2D eigenvalue weighted by atomic mass is 32.2. The molecular weight excluding hydrogens is 378 g/mol. The van der Waals surface area contributed by atoms with Crippen LogP contribution in [0, 0.1) is 0 Å². The molecule has 4 nitrogen and oxygen atoms in total. The van der Waals surface area contributed by atoms with Gasteiger partial charge in [0.15, 0.2) is 0 Å². The van der Waals surface area contributed by atoms with E-state index in [1.54, 1.807) is 11.3 Å². The van der Waals surface area contributed by atoms with Crippen LogP contribution in [0.15, 0.2) is 23.0 Å². The van der Waals surface area contributed by atoms with Gasteiger partial charge in [-0.3, -0.25) is 0 Å². The number of hydrogen-bond donors (Lipinski definition) is 0. The van der Waals surface area contributed by atoms with Gasteiger partial charge in [0.2, 0.25) is 0 Å². The third-order valence-corrected chi connectivity index (χ3v) is 8.94. The summed E-state index contributed by atoms with van der Waals surface area (Å²) in [5, 5.41) is 0.407. The molecule has 0 N–H and O–H groups in total. The van der Waals surface area contributed by atoms with E-state index in [0.29, 0.717) is 5.25 Å². The zero-order valence-electron chi connectivity index (χ0n) is 17.2. The van der Waals surface area contributed by atoms with Crippen molar-refractivity contribution >= 4 is 42.1 Å². The molecule has 0 bridgehead atoms. The van der Waals surface area contributed by atoms with E-state index in [0.717, 1.165) is 11.2 Å². The van der Waals surface area contributed by atoms with Gasteiger partial charge < -0.3 is 18.6 Å². The van der Waals surface area contributed by atoms with Crippen LogP contribution in [0.3, 0.4) is 0 Å². The first-order chi connectivity index (χ1) is 12.5. The molecule has 8 heteroatoms. The Hall–Kier alpha value is -0.240. The third kappa shape index (κ3) is 3.58. The van der Waals surface area contributed by atoms with E-state index in [1.165, 1.54) is 9.68 Å². The molecule has 4 rings (SSSR count). The average Bonchev–Trinajstić information content (AvgIpc) is 3.28. The van der Waals surface area contributed by atoms with Gasteiger partial charge in [-0.05, 0) is 61.0 Å². The Kier molecular flexibility index (Phi) is 4.93. The van der Waals surface area contributed by atoms with Gasteiger partial charge in [0.05, 0.1) is 22.9 Å². The molecule has 2 saturated heterocycles. The van der Waals surface area contributed by atoms with Gasteiger partial charge in [0.25, 0.3) is 0 Å². The molecule has 0 spiro atoms. The van der Waals surface area contributed by atoms with Crippen molar-refractivity contribution in [3.8, 4) is 0 Å². The summed E-state index contributed by atoms with van der Waals surface area (Å²) < 4.78 is 25.7. The van der Waals surface area contributed by atoms with Crippen molar-refractivity contribution in [2.24, 2.45) is 0 Å². The van der Waals surface area contributed by atoms with Crippen LogP contribution in [-0.2, 0) is 18.6 Å². The number of thioether (sulfide) groups is 1. The average molecular weight is 406 g/mol. The lowest BCUT2D eigenvalue weighted by molar-refractivity contribution is 0.00578. The first kappa shape index (κ1) is 20.0. The van der Waals surface area contributed by atoms with Crippen molar-refractivity contribution in [2.75, 3.05) is 0 Å². The van der Waals surface area contributed by atoms with E-state index in [9.17, 15) is 0 Å². The van der Waals surface area contributed by atoms with E-state index < -0.39 is 0 Å². The van der Waals surface area contributed by atoms with Gasteiger partial charge in [0.1, 0.15) is 0 Å². The van der Waals surface area contributed by atoms with Gasteiger partial charge in [-0.15, -0.1) is 23.1 Å². The van der Waals surface area contributed by atoms with Crippen molar-refractivity contribution in [1.29, 1.82) is 0 Å².